The Morgan fingerprint density at radius 1 is 1.07 bits per heavy atom. The maximum Gasteiger partial charge on any atom is 0.257 e. The van der Waals surface area contributed by atoms with Crippen LogP contribution in [0.3, 0.4) is 0 Å². The number of hydrogen-bond acceptors (Lipinski definition) is 6. The minimum Gasteiger partial charge on any atom is -0.341 e. The van der Waals surface area contributed by atoms with Crippen molar-refractivity contribution >= 4 is 11.9 Å². The van der Waals surface area contributed by atoms with Crippen LogP contribution in [0, 0.1) is 6.92 Å². The molecule has 1 aliphatic carbocycles. The molecule has 8 heteroatoms. The first kappa shape index (κ1) is 17.6. The molecule has 2 aromatic heterocycles. The van der Waals surface area contributed by atoms with E-state index in [-0.39, 0.29) is 11.9 Å². The van der Waals surface area contributed by atoms with Crippen LogP contribution in [0.15, 0.2) is 6.20 Å². The van der Waals surface area contributed by atoms with Gasteiger partial charge in [-0.05, 0) is 46.0 Å². The number of hydrogen-bond donors (Lipinski definition) is 0. The summed E-state index contributed by atoms with van der Waals surface area (Å²) in [5, 5.41) is 4.65. The van der Waals surface area contributed by atoms with Crippen LogP contribution in [0.2, 0.25) is 0 Å². The molecule has 0 N–H and O–H groups in total. The van der Waals surface area contributed by atoms with Crippen molar-refractivity contribution in [2.24, 2.45) is 0 Å². The lowest BCUT2D eigenvalue weighted by Gasteiger charge is -2.33. The second-order valence-electron chi connectivity index (χ2n) is 8.22. The third-order valence-electron chi connectivity index (χ3n) is 6.15. The molecule has 1 saturated heterocycles. The number of carbonyl (C=O) groups excluding carboxylic acids is 1. The van der Waals surface area contributed by atoms with Crippen molar-refractivity contribution in [3.05, 3.63) is 29.1 Å². The zero-order chi connectivity index (χ0) is 19.3. The van der Waals surface area contributed by atoms with E-state index in [1.165, 1.54) is 32.1 Å². The topological polar surface area (TPSA) is 80.0 Å². The number of aromatic nitrogens is 5. The third kappa shape index (κ3) is 3.04. The van der Waals surface area contributed by atoms with E-state index in [9.17, 15) is 4.79 Å². The molecule has 1 atom stereocenters. The number of nitrogens with zero attached hydrogens (tertiary/aromatic N) is 7. The van der Waals surface area contributed by atoms with E-state index >= 15 is 0 Å². The normalized spacial score (nSPS) is 22.3. The number of aryl methyl sites for hydroxylation is 1. The predicted octanol–water partition coefficient (Wildman–Crippen LogP) is 2.46. The van der Waals surface area contributed by atoms with Gasteiger partial charge in [-0.25, -0.2) is 19.6 Å². The van der Waals surface area contributed by atoms with Gasteiger partial charge >= 0.3 is 0 Å². The molecule has 5 rings (SSSR count). The Morgan fingerprint density at radius 3 is 2.57 bits per heavy atom. The van der Waals surface area contributed by atoms with Gasteiger partial charge < -0.3 is 9.80 Å². The molecule has 3 aliphatic rings. The van der Waals surface area contributed by atoms with Crippen LogP contribution in [0.25, 0.3) is 0 Å². The number of carbonyl (C=O) groups is 1. The Bertz CT molecular complexity index is 898. The molecule has 0 aromatic carbocycles. The summed E-state index contributed by atoms with van der Waals surface area (Å²) >= 11 is 0. The zero-order valence-corrected chi connectivity index (χ0v) is 16.6. The van der Waals surface area contributed by atoms with Crippen molar-refractivity contribution in [2.45, 2.75) is 64.5 Å². The van der Waals surface area contributed by atoms with Crippen LogP contribution >= 0.6 is 0 Å². The average molecular weight is 381 g/mol. The highest BCUT2D eigenvalue weighted by molar-refractivity contribution is 5.95. The second kappa shape index (κ2) is 6.83. The zero-order valence-electron chi connectivity index (χ0n) is 16.6. The van der Waals surface area contributed by atoms with Crippen LogP contribution in [-0.2, 0) is 6.54 Å². The first-order valence-electron chi connectivity index (χ1n) is 10.5. The Morgan fingerprint density at radius 2 is 1.86 bits per heavy atom. The van der Waals surface area contributed by atoms with Crippen LogP contribution in [0.1, 0.15) is 78.7 Å². The summed E-state index contributed by atoms with van der Waals surface area (Å²) in [6, 6.07) is -0.0950. The number of amides is 1. The van der Waals surface area contributed by atoms with Crippen LogP contribution in [0.5, 0.6) is 0 Å². The Hall–Kier alpha value is -2.51. The lowest BCUT2D eigenvalue weighted by Crippen LogP contribution is -2.42. The molecule has 0 unspecified atom stereocenters. The standard InChI is InChI=1S/C20H27N7O/c1-13-16(12-21-20(22-13)25-8-4-3-5-9-25)19(28)26-10-11-27-18(14(26)2)23-17(24-27)15-6-7-15/h12,14-15H,3-11H2,1-2H3/t14-/m1/s1. The summed E-state index contributed by atoms with van der Waals surface area (Å²) < 4.78 is 1.98. The molecular weight excluding hydrogens is 354 g/mol. The summed E-state index contributed by atoms with van der Waals surface area (Å²) in [5.41, 5.74) is 1.33. The SMILES string of the molecule is Cc1nc(N2CCCCC2)ncc1C(=O)N1CCn2nc(C3CC3)nc2[C@H]1C. The monoisotopic (exact) mass is 381 g/mol. The van der Waals surface area contributed by atoms with Gasteiger partial charge in [-0.3, -0.25) is 4.79 Å². The fraction of sp³-hybridized carbons (Fsp3) is 0.650. The molecule has 148 valence electrons. The number of piperidine rings is 1. The van der Waals surface area contributed by atoms with Crippen molar-refractivity contribution in [1.82, 2.24) is 29.6 Å². The van der Waals surface area contributed by atoms with E-state index in [2.05, 4.69) is 20.0 Å². The summed E-state index contributed by atoms with van der Waals surface area (Å²) in [6.45, 7) is 7.26. The third-order valence-corrected chi connectivity index (χ3v) is 6.15. The Labute approximate surface area is 165 Å². The largest absolute Gasteiger partial charge is 0.341 e. The molecular formula is C20H27N7O. The van der Waals surface area contributed by atoms with Gasteiger partial charge in [-0.15, -0.1) is 0 Å². The average Bonchev–Trinajstić information content (AvgIpc) is 3.47. The fourth-order valence-corrected chi connectivity index (χ4v) is 4.24. The Kier molecular flexibility index (Phi) is 4.29. The van der Waals surface area contributed by atoms with Crippen molar-refractivity contribution in [1.29, 1.82) is 0 Å². The van der Waals surface area contributed by atoms with E-state index in [0.717, 1.165) is 36.4 Å². The predicted molar refractivity (Wildman–Crippen MR) is 104 cm³/mol. The van der Waals surface area contributed by atoms with E-state index in [0.29, 0.717) is 24.6 Å². The highest BCUT2D eigenvalue weighted by Crippen LogP contribution is 2.39. The van der Waals surface area contributed by atoms with Gasteiger partial charge in [0.2, 0.25) is 5.95 Å². The van der Waals surface area contributed by atoms with Gasteiger partial charge in [0.25, 0.3) is 5.91 Å². The molecule has 2 fully saturated rings. The van der Waals surface area contributed by atoms with Crippen LogP contribution in [-0.4, -0.2) is 55.2 Å². The molecule has 8 nitrogen and oxygen atoms in total. The minimum absolute atomic E-state index is 0.0163. The summed E-state index contributed by atoms with van der Waals surface area (Å²) in [4.78, 5) is 31.3. The second-order valence-corrected chi connectivity index (χ2v) is 8.22. The summed E-state index contributed by atoms with van der Waals surface area (Å²) in [7, 11) is 0. The van der Waals surface area contributed by atoms with Gasteiger partial charge in [0.15, 0.2) is 5.82 Å². The molecule has 0 radical (unpaired) electrons. The lowest BCUT2D eigenvalue weighted by atomic mass is 10.1. The molecule has 4 heterocycles. The minimum atomic E-state index is -0.0950. The maximum absolute atomic E-state index is 13.3. The first-order chi connectivity index (χ1) is 13.6. The van der Waals surface area contributed by atoms with Crippen molar-refractivity contribution in [2.75, 3.05) is 24.5 Å². The molecule has 2 aliphatic heterocycles. The van der Waals surface area contributed by atoms with Crippen LogP contribution < -0.4 is 4.90 Å². The molecule has 2 aromatic rings. The maximum atomic E-state index is 13.3. The number of fused-ring (bicyclic) bond motifs is 1. The van der Waals surface area contributed by atoms with E-state index in [1.807, 2.05) is 23.4 Å². The number of anilines is 1. The smallest absolute Gasteiger partial charge is 0.257 e. The first-order valence-corrected chi connectivity index (χ1v) is 10.5. The van der Waals surface area contributed by atoms with E-state index in [4.69, 9.17) is 4.98 Å². The molecule has 1 amide bonds. The van der Waals surface area contributed by atoms with Crippen molar-refractivity contribution in [3.63, 3.8) is 0 Å². The highest BCUT2D eigenvalue weighted by Gasteiger charge is 2.35. The van der Waals surface area contributed by atoms with Gasteiger partial charge in [-0.2, -0.15) is 5.10 Å². The molecule has 0 spiro atoms. The van der Waals surface area contributed by atoms with E-state index < -0.39 is 0 Å². The van der Waals surface area contributed by atoms with Gasteiger partial charge in [0.05, 0.1) is 23.8 Å². The molecule has 28 heavy (non-hydrogen) atoms. The van der Waals surface area contributed by atoms with Gasteiger partial charge in [0.1, 0.15) is 5.82 Å². The summed E-state index contributed by atoms with van der Waals surface area (Å²) in [6.07, 6.45) is 7.69. The molecule has 1 saturated carbocycles. The molecule has 0 bridgehead atoms. The van der Waals surface area contributed by atoms with E-state index in [1.54, 1.807) is 6.20 Å². The summed E-state index contributed by atoms with van der Waals surface area (Å²) in [5.74, 6) is 3.09. The van der Waals surface area contributed by atoms with Crippen molar-refractivity contribution in [3.8, 4) is 0 Å². The lowest BCUT2D eigenvalue weighted by molar-refractivity contribution is 0.0629. The van der Waals surface area contributed by atoms with Gasteiger partial charge in [-0.1, -0.05) is 0 Å². The van der Waals surface area contributed by atoms with Crippen LogP contribution in [0.4, 0.5) is 5.95 Å². The highest BCUT2D eigenvalue weighted by atomic mass is 16.2. The van der Waals surface area contributed by atoms with Gasteiger partial charge in [0, 0.05) is 31.7 Å². The van der Waals surface area contributed by atoms with Crippen molar-refractivity contribution < 1.29 is 4.79 Å². The fourth-order valence-electron chi connectivity index (χ4n) is 4.24. The Balaban J connectivity index is 1.36. The quantitative estimate of drug-likeness (QED) is 0.812. The number of rotatable bonds is 3.